The van der Waals surface area contributed by atoms with E-state index in [1.54, 1.807) is 0 Å². The zero-order valence-electron chi connectivity index (χ0n) is 8.86. The van der Waals surface area contributed by atoms with E-state index in [0.29, 0.717) is 5.75 Å². The molecule has 0 spiro atoms. The number of halogens is 1. The summed E-state index contributed by atoms with van der Waals surface area (Å²) in [4.78, 5) is 25.2. The summed E-state index contributed by atoms with van der Waals surface area (Å²) in [5.74, 6) is 4.48. The maximum atomic E-state index is 10.9. The molecule has 0 radical (unpaired) electrons. The number of nitrogens with zero attached hydrogens (tertiary/aromatic N) is 1. The quantitative estimate of drug-likeness (QED) is 0.658. The summed E-state index contributed by atoms with van der Waals surface area (Å²) >= 11 is 6.65. The molecule has 1 rings (SSSR count). The molecule has 88 valence electrons. The SMILES string of the molecule is CC(=O)SCC#Cc1ccc(Cl)nc1C(=O)O. The highest BCUT2D eigenvalue weighted by Gasteiger charge is 2.10. The van der Waals surface area contributed by atoms with Crippen molar-refractivity contribution < 1.29 is 14.7 Å². The Labute approximate surface area is 107 Å². The second-order valence-electron chi connectivity index (χ2n) is 2.92. The second-order valence-corrected chi connectivity index (χ2v) is 4.46. The Hall–Kier alpha value is -1.51. The third kappa shape index (κ3) is 4.47. The van der Waals surface area contributed by atoms with E-state index in [2.05, 4.69) is 16.8 Å². The fourth-order valence-corrected chi connectivity index (χ4v) is 1.46. The fraction of sp³-hybridized carbons (Fsp3) is 0.182. The molecule has 0 fully saturated rings. The first-order valence-electron chi connectivity index (χ1n) is 4.53. The molecule has 1 aromatic heterocycles. The van der Waals surface area contributed by atoms with E-state index in [1.807, 2.05) is 0 Å². The molecule has 0 atom stereocenters. The van der Waals surface area contributed by atoms with Crippen molar-refractivity contribution in [2.45, 2.75) is 6.92 Å². The molecule has 0 aliphatic heterocycles. The van der Waals surface area contributed by atoms with Crippen LogP contribution in [0.1, 0.15) is 23.0 Å². The van der Waals surface area contributed by atoms with Gasteiger partial charge in [0.05, 0.1) is 11.3 Å². The van der Waals surface area contributed by atoms with E-state index in [1.165, 1.54) is 19.1 Å². The number of pyridine rings is 1. The summed E-state index contributed by atoms with van der Waals surface area (Å²) < 4.78 is 0. The first-order valence-corrected chi connectivity index (χ1v) is 5.89. The molecule has 0 aliphatic carbocycles. The van der Waals surface area contributed by atoms with Crippen LogP contribution in [0.15, 0.2) is 12.1 Å². The predicted octanol–water partition coefficient (Wildman–Crippen LogP) is 2.06. The van der Waals surface area contributed by atoms with Crippen LogP contribution in [-0.2, 0) is 4.79 Å². The number of carbonyl (C=O) groups excluding carboxylic acids is 1. The predicted molar refractivity (Wildman–Crippen MR) is 66.2 cm³/mol. The highest BCUT2D eigenvalue weighted by molar-refractivity contribution is 8.13. The molecule has 1 aromatic rings. The maximum absolute atomic E-state index is 10.9. The van der Waals surface area contributed by atoms with Crippen LogP contribution >= 0.6 is 23.4 Å². The molecule has 0 bridgehead atoms. The van der Waals surface area contributed by atoms with Gasteiger partial charge >= 0.3 is 5.97 Å². The molecule has 4 nitrogen and oxygen atoms in total. The zero-order chi connectivity index (χ0) is 12.8. The molecule has 0 aliphatic rings. The Balaban J connectivity index is 2.90. The minimum Gasteiger partial charge on any atom is -0.476 e. The van der Waals surface area contributed by atoms with Crippen molar-refractivity contribution in [3.05, 3.63) is 28.5 Å². The lowest BCUT2D eigenvalue weighted by Gasteiger charge is -1.98. The number of hydrogen-bond acceptors (Lipinski definition) is 4. The number of aromatic carboxylic acids is 1. The van der Waals surface area contributed by atoms with Gasteiger partial charge in [-0.2, -0.15) is 0 Å². The van der Waals surface area contributed by atoms with Crippen molar-refractivity contribution in [3.63, 3.8) is 0 Å². The summed E-state index contributed by atoms with van der Waals surface area (Å²) in [5.41, 5.74) is 0.101. The number of carboxylic acids is 1. The third-order valence-corrected chi connectivity index (χ3v) is 2.54. The Morgan fingerprint density at radius 1 is 1.53 bits per heavy atom. The number of hydrogen-bond donors (Lipinski definition) is 1. The van der Waals surface area contributed by atoms with Crippen molar-refractivity contribution >= 4 is 34.4 Å². The molecule has 0 amide bonds. The van der Waals surface area contributed by atoms with Crippen LogP contribution in [0.4, 0.5) is 0 Å². The van der Waals surface area contributed by atoms with Crippen LogP contribution in [-0.4, -0.2) is 26.9 Å². The molecule has 1 heterocycles. The largest absolute Gasteiger partial charge is 0.476 e. The third-order valence-electron chi connectivity index (χ3n) is 1.63. The van der Waals surface area contributed by atoms with Crippen molar-refractivity contribution in [3.8, 4) is 11.8 Å². The summed E-state index contributed by atoms with van der Waals surface area (Å²) in [6, 6.07) is 2.96. The van der Waals surface area contributed by atoms with Gasteiger partial charge in [0.15, 0.2) is 10.8 Å². The molecule has 0 aromatic carbocycles. The number of carbonyl (C=O) groups is 2. The van der Waals surface area contributed by atoms with Gasteiger partial charge < -0.3 is 5.11 Å². The van der Waals surface area contributed by atoms with Crippen molar-refractivity contribution in [1.29, 1.82) is 0 Å². The Kier molecular flexibility index (Phi) is 5.01. The van der Waals surface area contributed by atoms with E-state index in [-0.39, 0.29) is 21.5 Å². The van der Waals surface area contributed by atoms with Gasteiger partial charge in [0.1, 0.15) is 5.15 Å². The lowest BCUT2D eigenvalue weighted by molar-refractivity contribution is -0.109. The normalized spacial score (nSPS) is 9.29. The summed E-state index contributed by atoms with van der Waals surface area (Å²) in [6.45, 7) is 1.44. The average Bonchev–Trinajstić information content (AvgIpc) is 2.25. The van der Waals surface area contributed by atoms with E-state index in [0.717, 1.165) is 11.8 Å². The molecule has 1 N–H and O–H groups in total. The number of rotatable bonds is 2. The van der Waals surface area contributed by atoms with Gasteiger partial charge in [-0.05, 0) is 12.1 Å². The molecule has 0 saturated carbocycles. The molecule has 0 saturated heterocycles. The van der Waals surface area contributed by atoms with Crippen LogP contribution in [0, 0.1) is 11.8 Å². The number of thioether (sulfide) groups is 1. The maximum Gasteiger partial charge on any atom is 0.355 e. The van der Waals surface area contributed by atoms with E-state index in [9.17, 15) is 9.59 Å². The number of carboxylic acid groups (broad SMARTS) is 1. The standard InChI is InChI=1S/C11H8ClNO3S/c1-7(14)17-6-2-3-8-4-5-9(12)13-10(8)11(15)16/h4-5H,6H2,1H3,(H,15,16). The fourth-order valence-electron chi connectivity index (χ4n) is 0.968. The van der Waals surface area contributed by atoms with Gasteiger partial charge in [-0.25, -0.2) is 9.78 Å². The van der Waals surface area contributed by atoms with Crippen molar-refractivity contribution in [2.24, 2.45) is 0 Å². The van der Waals surface area contributed by atoms with E-state index >= 15 is 0 Å². The molecular weight excluding hydrogens is 262 g/mol. The second kappa shape index (κ2) is 6.28. The minimum absolute atomic E-state index is 0.0352. The molecular formula is C11H8ClNO3S. The first kappa shape index (κ1) is 13.6. The van der Waals surface area contributed by atoms with Gasteiger partial charge in [0.25, 0.3) is 0 Å². The van der Waals surface area contributed by atoms with E-state index in [4.69, 9.17) is 16.7 Å². The Bertz CT molecular complexity index is 519. The van der Waals surface area contributed by atoms with E-state index < -0.39 is 5.97 Å². The van der Waals surface area contributed by atoms with Crippen LogP contribution in [0.2, 0.25) is 5.15 Å². The van der Waals surface area contributed by atoms with Crippen LogP contribution < -0.4 is 0 Å². The van der Waals surface area contributed by atoms with Crippen molar-refractivity contribution in [1.82, 2.24) is 4.98 Å². The summed E-state index contributed by atoms with van der Waals surface area (Å²) in [7, 11) is 0. The topological polar surface area (TPSA) is 67.3 Å². The number of aromatic nitrogens is 1. The summed E-state index contributed by atoms with van der Waals surface area (Å²) in [6.07, 6.45) is 0. The van der Waals surface area contributed by atoms with Crippen LogP contribution in [0.3, 0.4) is 0 Å². The lowest BCUT2D eigenvalue weighted by Crippen LogP contribution is -2.03. The highest BCUT2D eigenvalue weighted by atomic mass is 35.5. The molecule has 17 heavy (non-hydrogen) atoms. The Morgan fingerprint density at radius 3 is 2.82 bits per heavy atom. The molecule has 6 heteroatoms. The monoisotopic (exact) mass is 269 g/mol. The first-order chi connectivity index (χ1) is 8.00. The summed E-state index contributed by atoms with van der Waals surface area (Å²) in [5, 5.41) is 8.95. The Morgan fingerprint density at radius 2 is 2.24 bits per heavy atom. The van der Waals surface area contributed by atoms with Gasteiger partial charge in [-0.3, -0.25) is 4.79 Å². The smallest absolute Gasteiger partial charge is 0.355 e. The van der Waals surface area contributed by atoms with Crippen molar-refractivity contribution in [2.75, 3.05) is 5.75 Å². The highest BCUT2D eigenvalue weighted by Crippen LogP contribution is 2.11. The van der Waals surface area contributed by atoms with Gasteiger partial charge in [-0.15, -0.1) is 0 Å². The molecule has 0 unspecified atom stereocenters. The average molecular weight is 270 g/mol. The van der Waals surface area contributed by atoms with Gasteiger partial charge in [0, 0.05) is 6.92 Å². The van der Waals surface area contributed by atoms with Crippen LogP contribution in [0.25, 0.3) is 0 Å². The lowest BCUT2D eigenvalue weighted by atomic mass is 10.2. The van der Waals surface area contributed by atoms with Crippen LogP contribution in [0.5, 0.6) is 0 Å². The zero-order valence-corrected chi connectivity index (χ0v) is 10.4. The minimum atomic E-state index is -1.18. The van der Waals surface area contributed by atoms with Gasteiger partial charge in [0.2, 0.25) is 0 Å². The van der Waals surface area contributed by atoms with Gasteiger partial charge in [-0.1, -0.05) is 35.2 Å².